The van der Waals surface area contributed by atoms with E-state index in [0.29, 0.717) is 12.8 Å². The van der Waals surface area contributed by atoms with Crippen LogP contribution in [0.5, 0.6) is 0 Å². The first-order valence-electron chi connectivity index (χ1n) is 19.7. The molecule has 0 aromatic heterocycles. The van der Waals surface area contributed by atoms with E-state index in [0.717, 1.165) is 57.8 Å². The van der Waals surface area contributed by atoms with Gasteiger partial charge in [-0.15, -0.1) is 0 Å². The van der Waals surface area contributed by atoms with Gasteiger partial charge in [0.1, 0.15) is 36.8 Å². The molecule has 0 aromatic rings. The highest BCUT2D eigenvalue weighted by atomic mass is 32.2. The molecule has 2 unspecified atom stereocenters. The molecule has 306 valence electrons. The van der Waals surface area contributed by atoms with Crippen molar-refractivity contribution in [1.82, 2.24) is 0 Å². The van der Waals surface area contributed by atoms with Crippen LogP contribution < -0.4 is 0 Å². The Bertz CT molecular complexity index is 1180. The molecule has 1 aliphatic rings. The van der Waals surface area contributed by atoms with Crippen LogP contribution >= 0.6 is 0 Å². The van der Waals surface area contributed by atoms with Gasteiger partial charge in [0, 0.05) is 12.8 Å². The third-order valence-electron chi connectivity index (χ3n) is 8.77. The fourth-order valence-corrected chi connectivity index (χ4v) is 6.38. The van der Waals surface area contributed by atoms with Crippen molar-refractivity contribution < 1.29 is 56.8 Å². The van der Waals surface area contributed by atoms with Crippen molar-refractivity contribution in [3.05, 3.63) is 48.6 Å². The maximum absolute atomic E-state index is 12.7. The second-order valence-corrected chi connectivity index (χ2v) is 15.2. The molecule has 0 aliphatic carbocycles. The molecule has 1 rings (SSSR count). The number of esters is 2. The van der Waals surface area contributed by atoms with Crippen LogP contribution in [0.15, 0.2) is 48.6 Å². The second-order valence-electron chi connectivity index (χ2n) is 13.7. The summed E-state index contributed by atoms with van der Waals surface area (Å²) in [6.07, 6.45) is 24.6. The van der Waals surface area contributed by atoms with E-state index < -0.39 is 71.2 Å². The van der Waals surface area contributed by atoms with Crippen molar-refractivity contribution in [1.29, 1.82) is 0 Å². The first-order valence-corrected chi connectivity index (χ1v) is 21.4. The Morgan fingerprint density at radius 3 is 1.77 bits per heavy atom. The molecule has 0 radical (unpaired) electrons. The van der Waals surface area contributed by atoms with Crippen LogP contribution in [0.4, 0.5) is 0 Å². The Balaban J connectivity index is 2.52. The molecular formula is C40H68O12S. The molecule has 0 amide bonds. The highest BCUT2D eigenvalue weighted by Crippen LogP contribution is 2.24. The van der Waals surface area contributed by atoms with Gasteiger partial charge in [0.2, 0.25) is 0 Å². The lowest BCUT2D eigenvalue weighted by molar-refractivity contribution is -0.297. The number of carbonyl (C=O) groups is 2. The summed E-state index contributed by atoms with van der Waals surface area (Å²) >= 11 is 0. The van der Waals surface area contributed by atoms with Gasteiger partial charge in [-0.25, -0.2) is 0 Å². The zero-order chi connectivity index (χ0) is 39.2. The minimum atomic E-state index is -4.60. The average molecular weight is 773 g/mol. The van der Waals surface area contributed by atoms with Crippen molar-refractivity contribution in [3.63, 3.8) is 0 Å². The molecule has 13 heteroatoms. The molecule has 6 atom stereocenters. The van der Waals surface area contributed by atoms with Crippen LogP contribution in [0.2, 0.25) is 0 Å². The van der Waals surface area contributed by atoms with Gasteiger partial charge in [0.25, 0.3) is 10.1 Å². The van der Waals surface area contributed by atoms with E-state index in [9.17, 15) is 37.9 Å². The quantitative estimate of drug-likeness (QED) is 0.0250. The molecule has 0 aromatic carbocycles. The molecule has 0 spiro atoms. The number of carbonyl (C=O) groups excluding carboxylic acids is 2. The Morgan fingerprint density at radius 1 is 0.660 bits per heavy atom. The summed E-state index contributed by atoms with van der Waals surface area (Å²) in [4.78, 5) is 25.2. The normalized spacial score (nSPS) is 21.7. The lowest BCUT2D eigenvalue weighted by atomic mass is 10.00. The van der Waals surface area contributed by atoms with E-state index in [1.807, 2.05) is 36.5 Å². The highest BCUT2D eigenvalue weighted by Gasteiger charge is 2.46. The number of hydrogen-bond donors (Lipinski definition) is 4. The van der Waals surface area contributed by atoms with Gasteiger partial charge in [0.05, 0.1) is 6.61 Å². The molecule has 53 heavy (non-hydrogen) atoms. The Hall–Kier alpha value is -2.39. The maximum atomic E-state index is 12.7. The van der Waals surface area contributed by atoms with E-state index in [1.165, 1.54) is 38.5 Å². The number of allylic oxidation sites excluding steroid dienone is 8. The standard InChI is InChI=1S/C40H68O12S/c1-3-5-7-9-11-13-15-16-17-18-19-21-22-24-26-28-35(41)49-30-33(51-36(42)29-27-25-23-20-14-12-10-8-6-4-2)31-50-40-39(45)38(44)37(43)34(52-40)32-53(46,47)48/h5,7,9,11,13,15-17,33-34,37-40,43-45H,3-4,6,8,10,12,14,18-32H2,1-2H3,(H,46,47,48)/b7-5+,11-9+,15-13+,17-16+/t33-,34-,37-,38?,39?,40+/m1/s1. The number of rotatable bonds is 31. The van der Waals surface area contributed by atoms with Crippen molar-refractivity contribution in [2.24, 2.45) is 0 Å². The van der Waals surface area contributed by atoms with Crippen molar-refractivity contribution in [2.75, 3.05) is 19.0 Å². The third kappa shape index (κ3) is 26.1. The minimum Gasteiger partial charge on any atom is -0.462 e. The van der Waals surface area contributed by atoms with E-state index >= 15 is 0 Å². The maximum Gasteiger partial charge on any atom is 0.306 e. The van der Waals surface area contributed by atoms with Crippen LogP contribution in [-0.4, -0.2) is 96.0 Å². The fraction of sp³-hybridized carbons (Fsp3) is 0.750. The van der Waals surface area contributed by atoms with Crippen LogP contribution in [0.1, 0.15) is 136 Å². The summed E-state index contributed by atoms with van der Waals surface area (Å²) in [5.41, 5.74) is 0. The van der Waals surface area contributed by atoms with E-state index in [-0.39, 0.29) is 19.4 Å². The number of ether oxygens (including phenoxy) is 4. The molecule has 0 bridgehead atoms. The van der Waals surface area contributed by atoms with Gasteiger partial charge in [-0.05, 0) is 32.1 Å². The van der Waals surface area contributed by atoms with Crippen molar-refractivity contribution >= 4 is 22.1 Å². The van der Waals surface area contributed by atoms with E-state index in [1.54, 1.807) is 0 Å². The lowest BCUT2D eigenvalue weighted by Gasteiger charge is -2.40. The first kappa shape index (κ1) is 48.6. The summed E-state index contributed by atoms with van der Waals surface area (Å²) < 4.78 is 53.8. The van der Waals surface area contributed by atoms with Crippen LogP contribution in [-0.2, 0) is 38.7 Å². The van der Waals surface area contributed by atoms with Crippen molar-refractivity contribution in [2.45, 2.75) is 173 Å². The predicted octanol–water partition coefficient (Wildman–Crippen LogP) is 6.83. The minimum absolute atomic E-state index is 0.158. The summed E-state index contributed by atoms with van der Waals surface area (Å²) in [5.74, 6) is -2.02. The second kappa shape index (κ2) is 30.9. The first-order chi connectivity index (χ1) is 25.5. The largest absolute Gasteiger partial charge is 0.462 e. The van der Waals surface area contributed by atoms with Gasteiger partial charge in [0.15, 0.2) is 12.4 Å². The zero-order valence-electron chi connectivity index (χ0n) is 32.1. The molecule has 1 aliphatic heterocycles. The molecule has 12 nitrogen and oxygen atoms in total. The number of aliphatic hydroxyl groups excluding tert-OH is 3. The zero-order valence-corrected chi connectivity index (χ0v) is 32.9. The smallest absolute Gasteiger partial charge is 0.306 e. The Kier molecular flexibility index (Phi) is 28.3. The van der Waals surface area contributed by atoms with Crippen LogP contribution in [0.3, 0.4) is 0 Å². The molecule has 1 heterocycles. The SMILES string of the molecule is CC/C=C/C=C/C=C/C=C/CCCCCCCC(=O)OC[C@H](CO[C@H]1O[C@H](CS(=O)(=O)O)[C@@H](O)C(O)C1O)OC(=O)CCCCCCCCCCCC. The molecular weight excluding hydrogens is 704 g/mol. The monoisotopic (exact) mass is 772 g/mol. The van der Waals surface area contributed by atoms with Gasteiger partial charge < -0.3 is 34.3 Å². The van der Waals surface area contributed by atoms with Crippen molar-refractivity contribution in [3.8, 4) is 0 Å². The summed E-state index contributed by atoms with van der Waals surface area (Å²) in [5, 5.41) is 30.7. The fourth-order valence-electron chi connectivity index (χ4n) is 5.69. The Morgan fingerprint density at radius 2 is 1.19 bits per heavy atom. The van der Waals surface area contributed by atoms with E-state index in [4.69, 9.17) is 18.9 Å². The van der Waals surface area contributed by atoms with Gasteiger partial charge in [-0.2, -0.15) is 8.42 Å². The van der Waals surface area contributed by atoms with Gasteiger partial charge >= 0.3 is 11.9 Å². The van der Waals surface area contributed by atoms with Gasteiger partial charge in [-0.1, -0.05) is 140 Å². The number of unbranched alkanes of at least 4 members (excludes halogenated alkanes) is 14. The Labute approximate surface area is 318 Å². The number of hydrogen-bond acceptors (Lipinski definition) is 11. The summed E-state index contributed by atoms with van der Waals surface area (Å²) in [6, 6.07) is 0. The lowest BCUT2D eigenvalue weighted by Crippen LogP contribution is -2.60. The topological polar surface area (TPSA) is 186 Å². The number of aliphatic hydroxyl groups is 3. The summed E-state index contributed by atoms with van der Waals surface area (Å²) in [6.45, 7) is 3.55. The molecule has 0 saturated carbocycles. The molecule has 1 fully saturated rings. The van der Waals surface area contributed by atoms with Crippen LogP contribution in [0.25, 0.3) is 0 Å². The predicted molar refractivity (Wildman–Crippen MR) is 206 cm³/mol. The highest BCUT2D eigenvalue weighted by molar-refractivity contribution is 7.85. The average Bonchev–Trinajstić information content (AvgIpc) is 3.12. The molecule has 4 N–H and O–H groups in total. The third-order valence-corrected chi connectivity index (χ3v) is 9.52. The van der Waals surface area contributed by atoms with Gasteiger partial charge in [-0.3, -0.25) is 14.1 Å². The molecule has 1 saturated heterocycles. The van der Waals surface area contributed by atoms with Crippen LogP contribution in [0, 0.1) is 0 Å². The summed E-state index contributed by atoms with van der Waals surface area (Å²) in [7, 11) is -4.60. The van der Waals surface area contributed by atoms with E-state index in [2.05, 4.69) is 26.0 Å².